The number of hydrogen-bond acceptors (Lipinski definition) is 5. The lowest BCUT2D eigenvalue weighted by Gasteiger charge is -2.05. The summed E-state index contributed by atoms with van der Waals surface area (Å²) < 4.78 is 5.38. The van der Waals surface area contributed by atoms with Crippen molar-refractivity contribution in [2.45, 2.75) is 20.8 Å². The number of aromatic nitrogens is 1. The molecular formula is C15H14N4O3. The van der Waals surface area contributed by atoms with E-state index in [2.05, 4.69) is 15.6 Å². The van der Waals surface area contributed by atoms with Crippen LogP contribution in [-0.4, -0.2) is 16.8 Å². The number of carbonyl (C=O) groups excluding carboxylic acids is 2. The SMILES string of the molecule is CC(=O)Nc1cc(C(=O)Nc2oc(C)c(C)c2C#N)ccn1. The Kier molecular flexibility index (Phi) is 4.23. The highest BCUT2D eigenvalue weighted by atomic mass is 16.4. The molecule has 0 saturated heterocycles. The van der Waals surface area contributed by atoms with Crippen LogP contribution >= 0.6 is 0 Å². The molecule has 0 bridgehead atoms. The van der Waals surface area contributed by atoms with Gasteiger partial charge in [0.1, 0.15) is 23.2 Å². The number of pyridine rings is 1. The lowest BCUT2D eigenvalue weighted by molar-refractivity contribution is -0.114. The second kappa shape index (κ2) is 6.10. The van der Waals surface area contributed by atoms with Gasteiger partial charge < -0.3 is 9.73 Å². The maximum Gasteiger partial charge on any atom is 0.258 e. The Bertz CT molecular complexity index is 787. The van der Waals surface area contributed by atoms with Gasteiger partial charge in [-0.1, -0.05) is 0 Å². The predicted octanol–water partition coefficient (Wildman–Crippen LogP) is 2.37. The fourth-order valence-electron chi connectivity index (χ4n) is 1.85. The van der Waals surface area contributed by atoms with Gasteiger partial charge in [0.25, 0.3) is 5.91 Å². The van der Waals surface area contributed by atoms with Crippen LogP contribution in [0.4, 0.5) is 11.7 Å². The molecule has 7 nitrogen and oxygen atoms in total. The van der Waals surface area contributed by atoms with Gasteiger partial charge in [0, 0.05) is 24.2 Å². The van der Waals surface area contributed by atoms with Crippen molar-refractivity contribution in [3.8, 4) is 6.07 Å². The largest absolute Gasteiger partial charge is 0.444 e. The average Bonchev–Trinajstić information content (AvgIpc) is 2.72. The van der Waals surface area contributed by atoms with Gasteiger partial charge >= 0.3 is 0 Å². The molecule has 0 aliphatic heterocycles. The summed E-state index contributed by atoms with van der Waals surface area (Å²) in [7, 11) is 0. The lowest BCUT2D eigenvalue weighted by Crippen LogP contribution is -2.14. The highest BCUT2D eigenvalue weighted by Gasteiger charge is 2.17. The summed E-state index contributed by atoms with van der Waals surface area (Å²) in [4.78, 5) is 27.2. The molecule has 0 aliphatic rings. The van der Waals surface area contributed by atoms with Crippen molar-refractivity contribution in [3.63, 3.8) is 0 Å². The first kappa shape index (κ1) is 15.3. The molecular weight excluding hydrogens is 284 g/mol. The Labute approximate surface area is 127 Å². The van der Waals surface area contributed by atoms with E-state index < -0.39 is 5.91 Å². The molecule has 2 aromatic rings. The highest BCUT2D eigenvalue weighted by molar-refractivity contribution is 6.05. The maximum atomic E-state index is 12.2. The summed E-state index contributed by atoms with van der Waals surface area (Å²) >= 11 is 0. The first-order chi connectivity index (χ1) is 10.4. The van der Waals surface area contributed by atoms with Gasteiger partial charge in [-0.25, -0.2) is 4.98 Å². The van der Waals surface area contributed by atoms with Gasteiger partial charge in [0.2, 0.25) is 11.8 Å². The molecule has 2 amide bonds. The van der Waals surface area contributed by atoms with E-state index in [0.717, 1.165) is 0 Å². The maximum absolute atomic E-state index is 12.2. The normalized spacial score (nSPS) is 9.91. The lowest BCUT2D eigenvalue weighted by atomic mass is 10.2. The van der Waals surface area contributed by atoms with E-state index in [-0.39, 0.29) is 23.2 Å². The van der Waals surface area contributed by atoms with E-state index in [0.29, 0.717) is 16.9 Å². The first-order valence-corrected chi connectivity index (χ1v) is 6.47. The monoisotopic (exact) mass is 298 g/mol. The number of hydrogen-bond donors (Lipinski definition) is 2. The van der Waals surface area contributed by atoms with Crippen molar-refractivity contribution >= 4 is 23.5 Å². The molecule has 22 heavy (non-hydrogen) atoms. The third kappa shape index (κ3) is 3.12. The first-order valence-electron chi connectivity index (χ1n) is 6.47. The zero-order valence-electron chi connectivity index (χ0n) is 12.4. The van der Waals surface area contributed by atoms with Crippen LogP contribution in [0, 0.1) is 25.2 Å². The van der Waals surface area contributed by atoms with Crippen LogP contribution in [0.1, 0.15) is 34.2 Å². The molecule has 0 saturated carbocycles. The van der Waals surface area contributed by atoms with Crippen LogP contribution in [-0.2, 0) is 4.79 Å². The summed E-state index contributed by atoms with van der Waals surface area (Å²) in [5.41, 5.74) is 1.27. The van der Waals surface area contributed by atoms with Crippen molar-refractivity contribution in [3.05, 3.63) is 40.8 Å². The standard InChI is InChI=1S/C15H14N4O3/c1-8-9(2)22-15(12(8)7-16)19-14(21)11-4-5-17-13(6-11)18-10(3)20/h4-6H,1-3H3,(H,19,21)(H,17,18,20). The smallest absolute Gasteiger partial charge is 0.258 e. The predicted molar refractivity (Wildman–Crippen MR) is 79.4 cm³/mol. The summed E-state index contributed by atoms with van der Waals surface area (Å²) in [6.45, 7) is 4.81. The quantitative estimate of drug-likeness (QED) is 0.904. The molecule has 0 unspecified atom stereocenters. The second-order valence-electron chi connectivity index (χ2n) is 4.66. The van der Waals surface area contributed by atoms with Crippen molar-refractivity contribution in [1.82, 2.24) is 4.98 Å². The molecule has 2 aromatic heterocycles. The van der Waals surface area contributed by atoms with Gasteiger partial charge in [-0.05, 0) is 26.0 Å². The topological polar surface area (TPSA) is 108 Å². The number of furan rings is 1. The van der Waals surface area contributed by atoms with E-state index in [1.54, 1.807) is 13.8 Å². The van der Waals surface area contributed by atoms with Crippen molar-refractivity contribution in [1.29, 1.82) is 5.26 Å². The minimum absolute atomic E-state index is 0.111. The minimum Gasteiger partial charge on any atom is -0.444 e. The van der Waals surface area contributed by atoms with E-state index in [9.17, 15) is 9.59 Å². The van der Waals surface area contributed by atoms with Crippen LogP contribution in [0.25, 0.3) is 0 Å². The fraction of sp³-hybridized carbons (Fsp3) is 0.200. The van der Waals surface area contributed by atoms with Gasteiger partial charge in [-0.15, -0.1) is 0 Å². The summed E-state index contributed by atoms with van der Waals surface area (Å²) in [5.74, 6) is 0.210. The molecule has 0 radical (unpaired) electrons. The Morgan fingerprint density at radius 3 is 2.68 bits per heavy atom. The minimum atomic E-state index is -0.459. The summed E-state index contributed by atoms with van der Waals surface area (Å²) in [6.07, 6.45) is 1.41. The van der Waals surface area contributed by atoms with Crippen molar-refractivity contribution in [2.24, 2.45) is 0 Å². The Hall–Kier alpha value is -3.14. The molecule has 0 aliphatic carbocycles. The molecule has 112 valence electrons. The summed E-state index contributed by atoms with van der Waals surface area (Å²) in [5, 5.41) is 14.2. The number of amides is 2. The van der Waals surface area contributed by atoms with Gasteiger partial charge in [-0.2, -0.15) is 5.26 Å². The molecule has 7 heteroatoms. The number of nitrogens with zero attached hydrogens (tertiary/aromatic N) is 2. The van der Waals surface area contributed by atoms with Crippen LogP contribution in [0.3, 0.4) is 0 Å². The van der Waals surface area contributed by atoms with Gasteiger partial charge in [0.15, 0.2) is 0 Å². The molecule has 2 heterocycles. The number of anilines is 2. The molecule has 2 rings (SSSR count). The van der Waals surface area contributed by atoms with Crippen molar-refractivity contribution in [2.75, 3.05) is 10.6 Å². The third-order valence-electron chi connectivity index (χ3n) is 3.05. The number of aryl methyl sites for hydroxylation is 1. The third-order valence-corrected chi connectivity index (χ3v) is 3.05. The van der Waals surface area contributed by atoms with Crippen LogP contribution < -0.4 is 10.6 Å². The van der Waals surface area contributed by atoms with Gasteiger partial charge in [0.05, 0.1) is 0 Å². The zero-order valence-corrected chi connectivity index (χ0v) is 12.4. The number of nitriles is 1. The Morgan fingerprint density at radius 1 is 1.32 bits per heavy atom. The van der Waals surface area contributed by atoms with E-state index in [1.165, 1.54) is 25.3 Å². The Morgan fingerprint density at radius 2 is 2.05 bits per heavy atom. The zero-order chi connectivity index (χ0) is 16.3. The van der Waals surface area contributed by atoms with Crippen LogP contribution in [0.5, 0.6) is 0 Å². The highest BCUT2D eigenvalue weighted by Crippen LogP contribution is 2.25. The molecule has 0 spiro atoms. The van der Waals surface area contributed by atoms with Gasteiger partial charge in [-0.3, -0.25) is 14.9 Å². The van der Waals surface area contributed by atoms with Crippen LogP contribution in [0.2, 0.25) is 0 Å². The van der Waals surface area contributed by atoms with E-state index in [1.807, 2.05) is 6.07 Å². The second-order valence-corrected chi connectivity index (χ2v) is 4.66. The average molecular weight is 298 g/mol. The van der Waals surface area contributed by atoms with Crippen molar-refractivity contribution < 1.29 is 14.0 Å². The summed E-state index contributed by atoms with van der Waals surface area (Å²) in [6, 6.07) is 4.93. The van der Waals surface area contributed by atoms with E-state index in [4.69, 9.17) is 9.68 Å². The number of carbonyl (C=O) groups is 2. The number of rotatable bonds is 3. The van der Waals surface area contributed by atoms with E-state index >= 15 is 0 Å². The number of nitrogens with one attached hydrogen (secondary N) is 2. The molecule has 0 fully saturated rings. The fourth-order valence-corrected chi connectivity index (χ4v) is 1.85. The molecule has 0 aromatic carbocycles. The van der Waals surface area contributed by atoms with Crippen LogP contribution in [0.15, 0.2) is 22.7 Å². The molecule has 2 N–H and O–H groups in total. The Balaban J connectivity index is 2.25. The molecule has 0 atom stereocenters.